The molecule has 0 aliphatic carbocycles. The molecular weight excluding hydrogens is 382 g/mol. The maximum Gasteiger partial charge on any atom is 0.225 e. The third-order valence-corrected chi connectivity index (χ3v) is 5.31. The molecule has 1 N–H and O–H groups in total. The summed E-state index contributed by atoms with van der Waals surface area (Å²) in [7, 11) is 1.63. The molecule has 154 valence electrons. The van der Waals surface area contributed by atoms with Gasteiger partial charge in [0.15, 0.2) is 0 Å². The van der Waals surface area contributed by atoms with Crippen LogP contribution in [0, 0.1) is 0 Å². The minimum Gasteiger partial charge on any atom is -0.497 e. The normalized spacial score (nSPS) is 11.5. The summed E-state index contributed by atoms with van der Waals surface area (Å²) in [6, 6.07) is 36.1. The second-order valence-corrected chi connectivity index (χ2v) is 7.42. The minimum absolute atomic E-state index is 0.0221. The molecule has 31 heavy (non-hydrogen) atoms. The van der Waals surface area contributed by atoms with Crippen molar-refractivity contribution in [3.05, 3.63) is 126 Å². The molecule has 0 fully saturated rings. The zero-order valence-corrected chi connectivity index (χ0v) is 17.5. The quantitative estimate of drug-likeness (QED) is 0.420. The largest absolute Gasteiger partial charge is 0.497 e. The Morgan fingerprint density at radius 3 is 1.87 bits per heavy atom. The molecule has 0 saturated carbocycles. The smallest absolute Gasteiger partial charge is 0.225 e. The van der Waals surface area contributed by atoms with E-state index in [0.717, 1.165) is 28.0 Å². The van der Waals surface area contributed by atoms with Gasteiger partial charge < -0.3 is 10.1 Å². The molecule has 0 saturated heterocycles. The van der Waals surface area contributed by atoms with Crippen molar-refractivity contribution in [1.29, 1.82) is 0 Å². The zero-order valence-electron chi connectivity index (χ0n) is 17.5. The molecular formula is C28H25NO2. The number of hydrogen-bond acceptors (Lipinski definition) is 2. The Bertz CT molecular complexity index is 1110. The summed E-state index contributed by atoms with van der Waals surface area (Å²) < 4.78 is 5.20. The molecule has 0 radical (unpaired) electrons. The summed E-state index contributed by atoms with van der Waals surface area (Å²) in [5.41, 5.74) is 5.38. The molecule has 0 heterocycles. The third-order valence-electron chi connectivity index (χ3n) is 5.31. The van der Waals surface area contributed by atoms with Crippen molar-refractivity contribution in [1.82, 2.24) is 5.32 Å². The third kappa shape index (κ3) is 5.20. The van der Waals surface area contributed by atoms with Gasteiger partial charge in [-0.3, -0.25) is 4.79 Å². The molecule has 0 aliphatic rings. The van der Waals surface area contributed by atoms with Gasteiger partial charge in [-0.2, -0.15) is 0 Å². The van der Waals surface area contributed by atoms with Crippen molar-refractivity contribution in [2.75, 3.05) is 7.11 Å². The van der Waals surface area contributed by atoms with Gasteiger partial charge in [0, 0.05) is 0 Å². The van der Waals surface area contributed by atoms with E-state index in [1.807, 2.05) is 72.8 Å². The van der Waals surface area contributed by atoms with Crippen LogP contribution in [0.4, 0.5) is 0 Å². The van der Waals surface area contributed by atoms with E-state index in [1.165, 1.54) is 5.56 Å². The first-order valence-corrected chi connectivity index (χ1v) is 10.4. The van der Waals surface area contributed by atoms with Gasteiger partial charge in [0.25, 0.3) is 0 Å². The van der Waals surface area contributed by atoms with Crippen molar-refractivity contribution < 1.29 is 9.53 Å². The van der Waals surface area contributed by atoms with Crippen LogP contribution in [0.1, 0.15) is 22.7 Å². The van der Waals surface area contributed by atoms with Gasteiger partial charge in [-0.25, -0.2) is 0 Å². The fourth-order valence-corrected chi connectivity index (χ4v) is 3.64. The van der Waals surface area contributed by atoms with Gasteiger partial charge in [-0.05, 0) is 39.9 Å². The van der Waals surface area contributed by atoms with Crippen molar-refractivity contribution in [2.24, 2.45) is 0 Å². The van der Waals surface area contributed by atoms with Crippen LogP contribution in [0.25, 0.3) is 11.1 Å². The number of carbonyl (C=O) groups is 1. The van der Waals surface area contributed by atoms with Gasteiger partial charge >= 0.3 is 0 Å². The summed E-state index contributed by atoms with van der Waals surface area (Å²) in [5.74, 6) is 0.760. The predicted molar refractivity (Wildman–Crippen MR) is 125 cm³/mol. The first kappa shape index (κ1) is 20.4. The summed E-state index contributed by atoms with van der Waals surface area (Å²) in [6.45, 7) is 0. The molecule has 4 rings (SSSR count). The molecule has 0 bridgehead atoms. The Balaban J connectivity index is 1.55. The van der Waals surface area contributed by atoms with Gasteiger partial charge in [-0.15, -0.1) is 0 Å². The molecule has 3 heteroatoms. The van der Waals surface area contributed by atoms with E-state index in [2.05, 4.69) is 41.7 Å². The first-order chi connectivity index (χ1) is 15.2. The van der Waals surface area contributed by atoms with Crippen molar-refractivity contribution in [3.8, 4) is 16.9 Å². The lowest BCUT2D eigenvalue weighted by Crippen LogP contribution is -2.30. The van der Waals surface area contributed by atoms with Gasteiger partial charge in [0.2, 0.25) is 5.91 Å². The van der Waals surface area contributed by atoms with E-state index in [1.54, 1.807) is 7.11 Å². The van der Waals surface area contributed by atoms with E-state index in [9.17, 15) is 4.79 Å². The van der Waals surface area contributed by atoms with Crippen LogP contribution >= 0.6 is 0 Å². The van der Waals surface area contributed by atoms with Crippen molar-refractivity contribution in [2.45, 2.75) is 12.5 Å². The van der Waals surface area contributed by atoms with Crippen molar-refractivity contribution >= 4 is 5.91 Å². The van der Waals surface area contributed by atoms with E-state index in [0.29, 0.717) is 6.42 Å². The second kappa shape index (κ2) is 9.77. The van der Waals surface area contributed by atoms with Crippen LogP contribution in [0.2, 0.25) is 0 Å². The summed E-state index contributed by atoms with van der Waals surface area (Å²) in [6.07, 6.45) is 0.315. The van der Waals surface area contributed by atoms with Gasteiger partial charge in [-0.1, -0.05) is 97.1 Å². The first-order valence-electron chi connectivity index (χ1n) is 10.4. The van der Waals surface area contributed by atoms with Gasteiger partial charge in [0.05, 0.1) is 19.6 Å². The standard InChI is InChI=1S/C28H25NO2/c1-31-26-18-12-21(13-19-26)20-27(30)29-28(24-10-6-3-7-11-24)25-16-14-23(15-17-25)22-8-4-2-5-9-22/h2-19,28H,20H2,1H3,(H,29,30)/t28-/m1/s1. The van der Waals surface area contributed by atoms with Crippen LogP contribution in [-0.4, -0.2) is 13.0 Å². The molecule has 0 aliphatic heterocycles. The second-order valence-electron chi connectivity index (χ2n) is 7.42. The lowest BCUT2D eigenvalue weighted by molar-refractivity contribution is -0.120. The molecule has 1 amide bonds. The Kier molecular flexibility index (Phi) is 6.44. The highest BCUT2D eigenvalue weighted by atomic mass is 16.5. The fraction of sp³-hybridized carbons (Fsp3) is 0.107. The number of nitrogens with one attached hydrogen (secondary N) is 1. The summed E-state index contributed by atoms with van der Waals surface area (Å²) in [4.78, 5) is 12.9. The monoisotopic (exact) mass is 407 g/mol. The SMILES string of the molecule is COc1ccc(CC(=O)N[C@H](c2ccccc2)c2ccc(-c3ccccc3)cc2)cc1. The topological polar surface area (TPSA) is 38.3 Å². The highest BCUT2D eigenvalue weighted by Crippen LogP contribution is 2.26. The number of hydrogen-bond donors (Lipinski definition) is 1. The summed E-state index contributed by atoms with van der Waals surface area (Å²) in [5, 5.41) is 3.22. The molecule has 0 unspecified atom stereocenters. The zero-order chi connectivity index (χ0) is 21.5. The Labute approximate surface area is 183 Å². The Morgan fingerprint density at radius 1 is 0.710 bits per heavy atom. The molecule has 0 spiro atoms. The number of benzene rings is 4. The van der Waals surface area contributed by atoms with Gasteiger partial charge in [0.1, 0.15) is 5.75 Å². The van der Waals surface area contributed by atoms with Crippen LogP contribution < -0.4 is 10.1 Å². The summed E-state index contributed by atoms with van der Waals surface area (Å²) >= 11 is 0. The molecule has 0 aromatic heterocycles. The van der Waals surface area contributed by atoms with E-state index < -0.39 is 0 Å². The lowest BCUT2D eigenvalue weighted by atomic mass is 9.96. The lowest BCUT2D eigenvalue weighted by Gasteiger charge is -2.20. The highest BCUT2D eigenvalue weighted by molar-refractivity contribution is 5.79. The molecule has 1 atom stereocenters. The predicted octanol–water partition coefficient (Wildman–Crippen LogP) is 5.81. The van der Waals surface area contributed by atoms with E-state index in [4.69, 9.17) is 4.74 Å². The van der Waals surface area contributed by atoms with Crippen LogP contribution in [-0.2, 0) is 11.2 Å². The number of carbonyl (C=O) groups excluding carboxylic acids is 1. The minimum atomic E-state index is -0.211. The number of amides is 1. The van der Waals surface area contributed by atoms with E-state index >= 15 is 0 Å². The Hall–Kier alpha value is -3.85. The van der Waals surface area contributed by atoms with Crippen LogP contribution in [0.15, 0.2) is 109 Å². The average molecular weight is 408 g/mol. The van der Waals surface area contributed by atoms with Crippen molar-refractivity contribution in [3.63, 3.8) is 0 Å². The highest BCUT2D eigenvalue weighted by Gasteiger charge is 2.17. The number of rotatable bonds is 7. The average Bonchev–Trinajstić information content (AvgIpc) is 2.84. The van der Waals surface area contributed by atoms with Crippen LogP contribution in [0.5, 0.6) is 5.75 Å². The number of ether oxygens (including phenoxy) is 1. The number of methoxy groups -OCH3 is 1. The Morgan fingerprint density at radius 2 is 1.26 bits per heavy atom. The maximum atomic E-state index is 12.9. The fourth-order valence-electron chi connectivity index (χ4n) is 3.64. The van der Waals surface area contributed by atoms with Crippen LogP contribution in [0.3, 0.4) is 0 Å². The molecule has 4 aromatic carbocycles. The molecule has 4 aromatic rings. The van der Waals surface area contributed by atoms with E-state index in [-0.39, 0.29) is 11.9 Å². The maximum absolute atomic E-state index is 12.9. The molecule has 3 nitrogen and oxygen atoms in total.